The van der Waals surface area contributed by atoms with Crippen molar-refractivity contribution in [3.05, 3.63) is 35.4 Å². The van der Waals surface area contributed by atoms with Gasteiger partial charge in [-0.3, -0.25) is 4.79 Å². The second kappa shape index (κ2) is 5.65. The second-order valence-electron chi connectivity index (χ2n) is 4.65. The average molecular weight is 243 g/mol. The van der Waals surface area contributed by atoms with E-state index in [9.17, 15) is 4.79 Å². The molecule has 1 aromatic rings. The molecule has 2 unspecified atom stereocenters. The Balaban J connectivity index is 2.00. The Morgan fingerprint density at radius 2 is 2.17 bits per heavy atom. The molecular formula is C14H17N3O. The predicted molar refractivity (Wildman–Crippen MR) is 69.1 cm³/mol. The molecule has 0 spiro atoms. The molecule has 2 N–H and O–H groups in total. The van der Waals surface area contributed by atoms with E-state index < -0.39 is 0 Å². The van der Waals surface area contributed by atoms with Gasteiger partial charge >= 0.3 is 0 Å². The van der Waals surface area contributed by atoms with E-state index in [1.165, 1.54) is 0 Å². The molecule has 1 aliphatic rings. The number of piperidine rings is 1. The summed E-state index contributed by atoms with van der Waals surface area (Å²) in [5.41, 5.74) is 1.17. The zero-order chi connectivity index (χ0) is 13.0. The van der Waals surface area contributed by atoms with Gasteiger partial charge in [0.25, 0.3) is 5.91 Å². The lowest BCUT2D eigenvalue weighted by molar-refractivity contribution is 0.0920. The summed E-state index contributed by atoms with van der Waals surface area (Å²) < 4.78 is 0. The van der Waals surface area contributed by atoms with Crippen molar-refractivity contribution in [2.24, 2.45) is 0 Å². The Labute approximate surface area is 107 Å². The number of nitrogens with one attached hydrogen (secondary N) is 2. The first-order chi connectivity index (χ1) is 8.70. The van der Waals surface area contributed by atoms with Crippen LogP contribution in [0.25, 0.3) is 0 Å². The first-order valence-electron chi connectivity index (χ1n) is 6.25. The van der Waals surface area contributed by atoms with Gasteiger partial charge in [-0.05, 0) is 50.6 Å². The van der Waals surface area contributed by atoms with E-state index in [1.54, 1.807) is 24.3 Å². The van der Waals surface area contributed by atoms with Crippen LogP contribution in [0.1, 0.15) is 35.7 Å². The van der Waals surface area contributed by atoms with Gasteiger partial charge in [0.05, 0.1) is 11.6 Å². The highest BCUT2D eigenvalue weighted by atomic mass is 16.1. The molecule has 2 rings (SSSR count). The van der Waals surface area contributed by atoms with E-state index in [2.05, 4.69) is 17.6 Å². The topological polar surface area (TPSA) is 64.9 Å². The third kappa shape index (κ3) is 2.88. The summed E-state index contributed by atoms with van der Waals surface area (Å²) in [5, 5.41) is 15.1. The van der Waals surface area contributed by atoms with Gasteiger partial charge in [0.15, 0.2) is 0 Å². The van der Waals surface area contributed by atoms with Gasteiger partial charge in [-0.1, -0.05) is 0 Å². The molecule has 1 aliphatic heterocycles. The first kappa shape index (κ1) is 12.6. The summed E-state index contributed by atoms with van der Waals surface area (Å²) in [6.07, 6.45) is 2.10. The third-order valence-electron chi connectivity index (χ3n) is 3.35. The van der Waals surface area contributed by atoms with E-state index in [-0.39, 0.29) is 11.9 Å². The fraction of sp³-hybridized carbons (Fsp3) is 0.429. The summed E-state index contributed by atoms with van der Waals surface area (Å²) in [6.45, 7) is 3.10. The molecule has 2 atom stereocenters. The maximum Gasteiger partial charge on any atom is 0.251 e. The highest BCUT2D eigenvalue weighted by Gasteiger charge is 2.22. The minimum Gasteiger partial charge on any atom is -0.348 e. The largest absolute Gasteiger partial charge is 0.348 e. The number of nitriles is 1. The number of nitrogens with zero attached hydrogens (tertiary/aromatic N) is 1. The van der Waals surface area contributed by atoms with E-state index in [0.717, 1.165) is 19.4 Å². The van der Waals surface area contributed by atoms with E-state index in [1.807, 2.05) is 6.07 Å². The summed E-state index contributed by atoms with van der Waals surface area (Å²) in [6, 6.07) is 9.24. The molecule has 1 heterocycles. The van der Waals surface area contributed by atoms with Gasteiger partial charge in [-0.15, -0.1) is 0 Å². The van der Waals surface area contributed by atoms with Crippen molar-refractivity contribution in [1.29, 1.82) is 5.26 Å². The SMILES string of the molecule is CC1NCCCC1NC(=O)c1ccc(C#N)cc1. The third-order valence-corrected chi connectivity index (χ3v) is 3.35. The number of hydrogen-bond acceptors (Lipinski definition) is 3. The van der Waals surface area contributed by atoms with Gasteiger partial charge < -0.3 is 10.6 Å². The lowest BCUT2D eigenvalue weighted by atomic mass is 9.99. The molecule has 0 saturated carbocycles. The molecule has 0 aromatic heterocycles. The van der Waals surface area contributed by atoms with Crippen LogP contribution in [-0.4, -0.2) is 24.5 Å². The maximum absolute atomic E-state index is 12.0. The van der Waals surface area contributed by atoms with Gasteiger partial charge in [-0.2, -0.15) is 5.26 Å². The van der Waals surface area contributed by atoms with Crippen molar-refractivity contribution in [1.82, 2.24) is 10.6 Å². The van der Waals surface area contributed by atoms with Gasteiger partial charge in [0.1, 0.15) is 0 Å². The average Bonchev–Trinajstić information content (AvgIpc) is 2.41. The number of benzene rings is 1. The summed E-state index contributed by atoms with van der Waals surface area (Å²) in [5.74, 6) is -0.0694. The summed E-state index contributed by atoms with van der Waals surface area (Å²) >= 11 is 0. The summed E-state index contributed by atoms with van der Waals surface area (Å²) in [7, 11) is 0. The molecule has 1 fully saturated rings. The number of hydrogen-bond donors (Lipinski definition) is 2. The van der Waals surface area contributed by atoms with Crippen molar-refractivity contribution in [2.75, 3.05) is 6.54 Å². The minimum atomic E-state index is -0.0694. The van der Waals surface area contributed by atoms with Crippen LogP contribution in [0.4, 0.5) is 0 Å². The lowest BCUT2D eigenvalue weighted by Gasteiger charge is -2.30. The first-order valence-corrected chi connectivity index (χ1v) is 6.25. The second-order valence-corrected chi connectivity index (χ2v) is 4.65. The van der Waals surface area contributed by atoms with Crippen molar-refractivity contribution < 1.29 is 4.79 Å². The zero-order valence-electron chi connectivity index (χ0n) is 10.4. The van der Waals surface area contributed by atoms with E-state index >= 15 is 0 Å². The highest BCUT2D eigenvalue weighted by Crippen LogP contribution is 2.10. The summed E-state index contributed by atoms with van der Waals surface area (Å²) in [4.78, 5) is 12.0. The van der Waals surface area contributed by atoms with E-state index in [4.69, 9.17) is 5.26 Å². The van der Waals surface area contributed by atoms with Crippen molar-refractivity contribution in [2.45, 2.75) is 31.8 Å². The van der Waals surface area contributed by atoms with Crippen LogP contribution in [-0.2, 0) is 0 Å². The quantitative estimate of drug-likeness (QED) is 0.825. The predicted octanol–water partition coefficient (Wildman–Crippen LogP) is 1.43. The zero-order valence-corrected chi connectivity index (χ0v) is 10.4. The number of carbonyl (C=O) groups excluding carboxylic acids is 1. The maximum atomic E-state index is 12.0. The van der Waals surface area contributed by atoms with Gasteiger partial charge in [0.2, 0.25) is 0 Å². The molecule has 0 bridgehead atoms. The van der Waals surface area contributed by atoms with Crippen LogP contribution in [0.2, 0.25) is 0 Å². The van der Waals surface area contributed by atoms with E-state index in [0.29, 0.717) is 17.2 Å². The van der Waals surface area contributed by atoms with Crippen molar-refractivity contribution in [3.63, 3.8) is 0 Å². The number of rotatable bonds is 2. The van der Waals surface area contributed by atoms with Crippen molar-refractivity contribution in [3.8, 4) is 6.07 Å². The smallest absolute Gasteiger partial charge is 0.251 e. The number of amides is 1. The fourth-order valence-electron chi connectivity index (χ4n) is 2.19. The molecule has 0 aliphatic carbocycles. The van der Waals surface area contributed by atoms with Gasteiger partial charge in [-0.25, -0.2) is 0 Å². The Kier molecular flexibility index (Phi) is 3.96. The van der Waals surface area contributed by atoms with Crippen LogP contribution < -0.4 is 10.6 Å². The Hall–Kier alpha value is -1.86. The van der Waals surface area contributed by atoms with Crippen LogP contribution in [0, 0.1) is 11.3 Å². The van der Waals surface area contributed by atoms with Crippen LogP contribution in [0.3, 0.4) is 0 Å². The monoisotopic (exact) mass is 243 g/mol. The molecule has 1 saturated heterocycles. The molecular weight excluding hydrogens is 226 g/mol. The normalized spacial score (nSPS) is 23.1. The van der Waals surface area contributed by atoms with Crippen LogP contribution in [0.15, 0.2) is 24.3 Å². The molecule has 1 amide bonds. The minimum absolute atomic E-state index is 0.0694. The highest BCUT2D eigenvalue weighted by molar-refractivity contribution is 5.94. The Morgan fingerprint density at radius 1 is 1.44 bits per heavy atom. The standard InChI is InChI=1S/C14H17N3O/c1-10-13(3-2-8-16-10)17-14(18)12-6-4-11(9-15)5-7-12/h4-7,10,13,16H,2-3,8H2,1H3,(H,17,18). The molecule has 18 heavy (non-hydrogen) atoms. The molecule has 4 heteroatoms. The number of carbonyl (C=O) groups is 1. The Bertz CT molecular complexity index is 461. The molecule has 1 aromatic carbocycles. The molecule has 4 nitrogen and oxygen atoms in total. The molecule has 0 radical (unpaired) electrons. The van der Waals surface area contributed by atoms with Gasteiger partial charge in [0, 0.05) is 17.6 Å². The fourth-order valence-corrected chi connectivity index (χ4v) is 2.19. The Morgan fingerprint density at radius 3 is 2.78 bits per heavy atom. The van der Waals surface area contributed by atoms with Crippen LogP contribution in [0.5, 0.6) is 0 Å². The van der Waals surface area contributed by atoms with Crippen molar-refractivity contribution >= 4 is 5.91 Å². The molecule has 94 valence electrons. The lowest BCUT2D eigenvalue weighted by Crippen LogP contribution is -2.51. The van der Waals surface area contributed by atoms with Crippen LogP contribution >= 0.6 is 0 Å².